The summed E-state index contributed by atoms with van der Waals surface area (Å²) < 4.78 is 8.88. The topological polar surface area (TPSA) is 51.2 Å². The van der Waals surface area contributed by atoms with E-state index in [9.17, 15) is 5.11 Å². The molecule has 0 saturated heterocycles. The van der Waals surface area contributed by atoms with Crippen LogP contribution in [0.2, 0.25) is 0 Å². The minimum Gasteiger partial charge on any atom is -0.507 e. The molecule has 4 nitrogen and oxygen atoms in total. The fraction of sp³-hybridized carbons (Fsp3) is 0.320. The third-order valence-corrected chi connectivity index (χ3v) is 5.90. The van der Waals surface area contributed by atoms with E-state index in [1.54, 1.807) is 0 Å². The number of nitrogens with zero attached hydrogens (tertiary/aromatic N) is 2. The molecule has 1 N–H and O–H groups in total. The molecule has 0 unspecified atom stereocenters. The van der Waals surface area contributed by atoms with Gasteiger partial charge < -0.3 is 9.52 Å². The van der Waals surface area contributed by atoms with Gasteiger partial charge in [-0.1, -0.05) is 53.7 Å². The summed E-state index contributed by atoms with van der Waals surface area (Å²) in [4.78, 5) is 4.88. The number of phenolic OH excluding ortho intramolecular Hbond substituents is 1. The summed E-state index contributed by atoms with van der Waals surface area (Å²) in [6, 6.07) is 16.2. The summed E-state index contributed by atoms with van der Waals surface area (Å²) in [6.45, 7) is 12.8. The van der Waals surface area contributed by atoms with E-state index in [-0.39, 0.29) is 10.8 Å². The molecule has 0 amide bonds. The van der Waals surface area contributed by atoms with Gasteiger partial charge in [-0.05, 0) is 69.8 Å². The van der Waals surface area contributed by atoms with Crippen LogP contribution in [0.1, 0.15) is 52.7 Å². The Morgan fingerprint density at radius 3 is 2.03 bits per heavy atom. The maximum Gasteiger partial charge on any atom is 0.181 e. The van der Waals surface area contributed by atoms with Crippen LogP contribution in [0.15, 0.2) is 52.9 Å². The Morgan fingerprint density at radius 2 is 1.50 bits per heavy atom. The summed E-state index contributed by atoms with van der Waals surface area (Å²) in [7, 11) is 0. The van der Waals surface area contributed by atoms with Crippen molar-refractivity contribution < 1.29 is 9.52 Å². The normalized spacial score (nSPS) is 12.6. The molecule has 2 aromatic heterocycles. The Hall–Kier alpha value is -2.28. The first-order valence-electron chi connectivity index (χ1n) is 10.1. The van der Waals surface area contributed by atoms with E-state index in [0.717, 1.165) is 43.2 Å². The number of aromatic hydroxyl groups is 1. The lowest BCUT2D eigenvalue weighted by atomic mass is 9.79. The van der Waals surface area contributed by atoms with Crippen molar-refractivity contribution in [2.24, 2.45) is 0 Å². The van der Waals surface area contributed by atoms with E-state index in [0.29, 0.717) is 5.75 Å². The van der Waals surface area contributed by atoms with Crippen LogP contribution in [-0.2, 0) is 10.8 Å². The Labute approximate surface area is 191 Å². The van der Waals surface area contributed by atoms with Gasteiger partial charge in [0.1, 0.15) is 5.75 Å². The van der Waals surface area contributed by atoms with E-state index in [4.69, 9.17) is 9.40 Å². The predicted molar refractivity (Wildman–Crippen MR) is 131 cm³/mol. The molecule has 0 aliphatic carbocycles. The van der Waals surface area contributed by atoms with Crippen molar-refractivity contribution in [1.29, 1.82) is 0 Å². The van der Waals surface area contributed by atoms with Crippen molar-refractivity contribution in [3.05, 3.63) is 63.4 Å². The highest BCUT2D eigenvalue weighted by Gasteiger charge is 2.28. The van der Waals surface area contributed by atoms with Crippen LogP contribution >= 0.6 is 22.6 Å². The zero-order valence-electron chi connectivity index (χ0n) is 18.2. The SMILES string of the molecule is CC(C)(C)c1cc(-n2c(-c3ccc(I)o3)nc3ccccc32)cc(C(C)(C)C)c1O. The smallest absolute Gasteiger partial charge is 0.181 e. The second-order valence-corrected chi connectivity index (χ2v) is 10.8. The largest absolute Gasteiger partial charge is 0.507 e. The van der Waals surface area contributed by atoms with Crippen LogP contribution in [0, 0.1) is 3.77 Å². The molecular formula is C25H27IN2O2. The minimum absolute atomic E-state index is 0.212. The molecule has 156 valence electrons. The summed E-state index contributed by atoms with van der Waals surface area (Å²) in [5, 5.41) is 11.1. The highest BCUT2D eigenvalue weighted by molar-refractivity contribution is 14.1. The molecule has 2 heterocycles. The first kappa shape index (κ1) is 21.0. The predicted octanol–water partition coefficient (Wildman–Crippen LogP) is 7.19. The molecule has 0 fully saturated rings. The first-order valence-corrected chi connectivity index (χ1v) is 11.2. The zero-order chi connectivity index (χ0) is 21.8. The van der Waals surface area contributed by atoms with E-state index >= 15 is 0 Å². The Morgan fingerprint density at radius 1 is 0.900 bits per heavy atom. The van der Waals surface area contributed by atoms with Gasteiger partial charge in [-0.2, -0.15) is 0 Å². The van der Waals surface area contributed by atoms with Crippen molar-refractivity contribution in [3.63, 3.8) is 0 Å². The minimum atomic E-state index is -0.212. The van der Waals surface area contributed by atoms with Gasteiger partial charge in [0.05, 0.1) is 11.0 Å². The first-order chi connectivity index (χ1) is 14.0. The molecule has 5 heteroatoms. The van der Waals surface area contributed by atoms with E-state index in [1.807, 2.05) is 30.3 Å². The van der Waals surface area contributed by atoms with Crippen molar-refractivity contribution >= 4 is 33.6 Å². The average molecular weight is 514 g/mol. The van der Waals surface area contributed by atoms with Crippen molar-refractivity contribution in [1.82, 2.24) is 9.55 Å². The van der Waals surface area contributed by atoms with Gasteiger partial charge in [-0.15, -0.1) is 0 Å². The fourth-order valence-electron chi connectivity index (χ4n) is 3.78. The molecule has 0 aliphatic rings. The number of phenols is 1. The molecular weight excluding hydrogens is 487 g/mol. The fourth-order valence-corrected chi connectivity index (χ4v) is 4.20. The zero-order valence-corrected chi connectivity index (χ0v) is 20.4. The monoisotopic (exact) mass is 514 g/mol. The Bertz CT molecular complexity index is 1200. The molecule has 4 aromatic rings. The molecule has 0 aliphatic heterocycles. The highest BCUT2D eigenvalue weighted by atomic mass is 127. The van der Waals surface area contributed by atoms with Gasteiger partial charge in [0.2, 0.25) is 0 Å². The van der Waals surface area contributed by atoms with E-state index in [2.05, 4.69) is 86.9 Å². The van der Waals surface area contributed by atoms with Gasteiger partial charge in [-0.25, -0.2) is 4.98 Å². The highest BCUT2D eigenvalue weighted by Crippen LogP contribution is 2.42. The van der Waals surface area contributed by atoms with Crippen LogP contribution in [-0.4, -0.2) is 14.7 Å². The number of furan rings is 1. The molecule has 0 bridgehead atoms. The molecule has 30 heavy (non-hydrogen) atoms. The molecule has 0 radical (unpaired) electrons. The number of fused-ring (bicyclic) bond motifs is 1. The van der Waals surface area contributed by atoms with Gasteiger partial charge >= 0.3 is 0 Å². The van der Waals surface area contributed by atoms with Crippen LogP contribution in [0.5, 0.6) is 5.75 Å². The summed E-state index contributed by atoms with van der Waals surface area (Å²) in [5.41, 5.74) is 4.29. The number of hydrogen-bond donors (Lipinski definition) is 1. The summed E-state index contributed by atoms with van der Waals surface area (Å²) in [6.07, 6.45) is 0. The third kappa shape index (κ3) is 3.64. The molecule has 2 aromatic carbocycles. The maximum atomic E-state index is 11.1. The third-order valence-electron chi connectivity index (χ3n) is 5.32. The lowest BCUT2D eigenvalue weighted by molar-refractivity contribution is 0.423. The van der Waals surface area contributed by atoms with Crippen LogP contribution < -0.4 is 0 Å². The number of aromatic nitrogens is 2. The number of para-hydroxylation sites is 2. The molecule has 0 spiro atoms. The lowest BCUT2D eigenvalue weighted by Gasteiger charge is -2.28. The van der Waals surface area contributed by atoms with Crippen molar-refractivity contribution in [3.8, 4) is 23.0 Å². The second kappa shape index (κ2) is 7.15. The standard InChI is InChI=1S/C25H27IN2O2/c1-24(2,3)16-13-15(14-17(22(16)29)25(4,5)6)28-19-10-8-7-9-18(19)27-23(28)20-11-12-21(26)30-20/h7-14,29H,1-6H3. The number of rotatable bonds is 2. The van der Waals surface area contributed by atoms with Crippen molar-refractivity contribution in [2.75, 3.05) is 0 Å². The number of imidazole rings is 1. The summed E-state index contributed by atoms with van der Waals surface area (Å²) in [5.74, 6) is 1.85. The number of halogens is 1. The number of benzene rings is 2. The van der Waals surface area contributed by atoms with E-state index < -0.39 is 0 Å². The molecule has 4 rings (SSSR count). The van der Waals surface area contributed by atoms with Crippen LogP contribution in [0.3, 0.4) is 0 Å². The van der Waals surface area contributed by atoms with Gasteiger partial charge in [0, 0.05) is 16.8 Å². The van der Waals surface area contributed by atoms with Gasteiger partial charge in [-0.3, -0.25) is 4.57 Å². The van der Waals surface area contributed by atoms with Crippen molar-refractivity contribution in [2.45, 2.75) is 52.4 Å². The van der Waals surface area contributed by atoms with E-state index in [1.165, 1.54) is 0 Å². The van der Waals surface area contributed by atoms with Crippen LogP contribution in [0.4, 0.5) is 0 Å². The second-order valence-electron chi connectivity index (χ2n) is 9.75. The summed E-state index contributed by atoms with van der Waals surface area (Å²) >= 11 is 2.17. The number of hydrogen-bond acceptors (Lipinski definition) is 3. The molecule has 0 saturated carbocycles. The Balaban J connectivity index is 2.10. The maximum absolute atomic E-state index is 11.1. The Kier molecular flexibility index (Phi) is 5.00. The average Bonchev–Trinajstić information content (AvgIpc) is 3.23. The lowest BCUT2D eigenvalue weighted by Crippen LogP contribution is -2.18. The molecule has 0 atom stereocenters. The van der Waals surface area contributed by atoms with Gasteiger partial charge in [0.15, 0.2) is 15.4 Å². The van der Waals surface area contributed by atoms with Crippen LogP contribution in [0.25, 0.3) is 28.3 Å². The quantitative estimate of drug-likeness (QED) is 0.288. The van der Waals surface area contributed by atoms with Gasteiger partial charge in [0.25, 0.3) is 0 Å².